The Kier molecular flexibility index (Phi) is 6.10. The van der Waals surface area contributed by atoms with E-state index in [2.05, 4.69) is 44.2 Å². The van der Waals surface area contributed by atoms with Crippen LogP contribution in [0.3, 0.4) is 0 Å². The van der Waals surface area contributed by atoms with E-state index in [1.165, 1.54) is 12.8 Å². The third-order valence-corrected chi connectivity index (χ3v) is 6.33. The van der Waals surface area contributed by atoms with Gasteiger partial charge in [0.25, 0.3) is 0 Å². The number of benzene rings is 1. The van der Waals surface area contributed by atoms with Gasteiger partial charge in [0.05, 0.1) is 4.90 Å². The van der Waals surface area contributed by atoms with Crippen molar-refractivity contribution in [1.29, 1.82) is 0 Å². The Hall–Kier alpha value is -0.910. The number of hydrogen-bond donors (Lipinski definition) is 1. The Labute approximate surface area is 147 Å². The van der Waals surface area contributed by atoms with E-state index < -0.39 is 10.0 Å². The Morgan fingerprint density at radius 1 is 1.08 bits per heavy atom. The van der Waals surface area contributed by atoms with Crippen LogP contribution in [0.25, 0.3) is 0 Å². The summed E-state index contributed by atoms with van der Waals surface area (Å²) in [6.07, 6.45) is 2.43. The molecule has 1 aromatic carbocycles. The SMILES string of the molecule is CC(C)C(CNS(=O)(=O)c1ccc(C(C)(C)C)cc1)N1CCCC1. The van der Waals surface area contributed by atoms with Crippen molar-refractivity contribution in [3.63, 3.8) is 0 Å². The smallest absolute Gasteiger partial charge is 0.240 e. The molecule has 0 aliphatic carbocycles. The molecule has 1 heterocycles. The van der Waals surface area contributed by atoms with E-state index >= 15 is 0 Å². The van der Waals surface area contributed by atoms with E-state index in [-0.39, 0.29) is 11.5 Å². The minimum Gasteiger partial charge on any atom is -0.299 e. The zero-order valence-corrected chi connectivity index (χ0v) is 16.5. The quantitative estimate of drug-likeness (QED) is 0.854. The topological polar surface area (TPSA) is 49.4 Å². The van der Waals surface area contributed by atoms with E-state index in [4.69, 9.17) is 0 Å². The highest BCUT2D eigenvalue weighted by molar-refractivity contribution is 7.89. The normalized spacial score (nSPS) is 18.2. The maximum atomic E-state index is 12.6. The van der Waals surface area contributed by atoms with Crippen LogP contribution in [0.1, 0.15) is 53.0 Å². The average molecular weight is 353 g/mol. The predicted octanol–water partition coefficient (Wildman–Crippen LogP) is 3.38. The van der Waals surface area contributed by atoms with E-state index in [1.54, 1.807) is 12.1 Å². The second-order valence-corrected chi connectivity index (χ2v) is 9.95. The summed E-state index contributed by atoms with van der Waals surface area (Å²) in [5, 5.41) is 0. The lowest BCUT2D eigenvalue weighted by atomic mass is 9.87. The zero-order valence-electron chi connectivity index (χ0n) is 15.7. The lowest BCUT2D eigenvalue weighted by molar-refractivity contribution is 0.193. The molecule has 1 aliphatic heterocycles. The van der Waals surface area contributed by atoms with Crippen LogP contribution >= 0.6 is 0 Å². The molecule has 1 aromatic rings. The molecule has 0 spiro atoms. The van der Waals surface area contributed by atoms with Crippen molar-refractivity contribution >= 4 is 10.0 Å². The first-order valence-corrected chi connectivity index (χ1v) is 10.4. The fraction of sp³-hybridized carbons (Fsp3) is 0.684. The summed E-state index contributed by atoms with van der Waals surface area (Å²) in [6.45, 7) is 13.3. The molecule has 1 fully saturated rings. The number of likely N-dealkylation sites (tertiary alicyclic amines) is 1. The molecular formula is C19H32N2O2S. The van der Waals surface area contributed by atoms with Crippen LogP contribution < -0.4 is 4.72 Å². The highest BCUT2D eigenvalue weighted by atomic mass is 32.2. The van der Waals surface area contributed by atoms with Gasteiger partial charge in [-0.1, -0.05) is 46.8 Å². The van der Waals surface area contributed by atoms with Crippen LogP contribution in [0.15, 0.2) is 29.2 Å². The molecule has 1 unspecified atom stereocenters. The molecule has 0 bridgehead atoms. The van der Waals surface area contributed by atoms with Gasteiger partial charge < -0.3 is 0 Å². The summed E-state index contributed by atoms with van der Waals surface area (Å²) < 4.78 is 28.0. The van der Waals surface area contributed by atoms with Crippen molar-refractivity contribution in [2.45, 2.75) is 63.8 Å². The molecule has 0 saturated carbocycles. The Morgan fingerprint density at radius 2 is 1.62 bits per heavy atom. The Morgan fingerprint density at radius 3 is 2.08 bits per heavy atom. The Bertz CT molecular complexity index is 624. The fourth-order valence-corrected chi connectivity index (χ4v) is 4.32. The third kappa shape index (κ3) is 4.80. The van der Waals surface area contributed by atoms with E-state index in [1.807, 2.05) is 12.1 Å². The van der Waals surface area contributed by atoms with Crippen LogP contribution in [0.4, 0.5) is 0 Å². The van der Waals surface area contributed by atoms with Gasteiger partial charge in [0.1, 0.15) is 0 Å². The highest BCUT2D eigenvalue weighted by Crippen LogP contribution is 2.23. The standard InChI is InChI=1S/C19H32N2O2S/c1-15(2)18(21-12-6-7-13-21)14-20-24(22,23)17-10-8-16(9-11-17)19(3,4)5/h8-11,15,18,20H,6-7,12-14H2,1-5H3. The molecule has 1 saturated heterocycles. The van der Waals surface area contributed by atoms with Crippen molar-refractivity contribution in [2.24, 2.45) is 5.92 Å². The number of sulfonamides is 1. The summed E-state index contributed by atoms with van der Waals surface area (Å²) >= 11 is 0. The van der Waals surface area contributed by atoms with Crippen molar-refractivity contribution < 1.29 is 8.42 Å². The van der Waals surface area contributed by atoms with Gasteiger partial charge in [0, 0.05) is 12.6 Å². The monoisotopic (exact) mass is 352 g/mol. The molecule has 1 N–H and O–H groups in total. The fourth-order valence-electron chi connectivity index (χ4n) is 3.27. The summed E-state index contributed by atoms with van der Waals surface area (Å²) in [5.41, 5.74) is 1.16. The van der Waals surface area contributed by atoms with Gasteiger partial charge in [-0.2, -0.15) is 0 Å². The molecule has 136 valence electrons. The summed E-state index contributed by atoms with van der Waals surface area (Å²) in [7, 11) is -3.46. The van der Waals surface area contributed by atoms with Crippen molar-refractivity contribution in [3.8, 4) is 0 Å². The van der Waals surface area contributed by atoms with Crippen molar-refractivity contribution in [2.75, 3.05) is 19.6 Å². The van der Waals surface area contributed by atoms with Crippen molar-refractivity contribution in [3.05, 3.63) is 29.8 Å². The minimum absolute atomic E-state index is 0.0220. The maximum Gasteiger partial charge on any atom is 0.240 e. The molecule has 1 aliphatic rings. The third-order valence-electron chi connectivity index (χ3n) is 4.89. The van der Waals surface area contributed by atoms with Gasteiger partial charge in [-0.15, -0.1) is 0 Å². The van der Waals surface area contributed by atoms with Gasteiger partial charge in [0.15, 0.2) is 0 Å². The predicted molar refractivity (Wildman–Crippen MR) is 99.8 cm³/mol. The molecule has 1 atom stereocenters. The molecule has 0 aromatic heterocycles. The van der Waals surface area contributed by atoms with Crippen LogP contribution in [0.5, 0.6) is 0 Å². The molecule has 24 heavy (non-hydrogen) atoms. The maximum absolute atomic E-state index is 12.6. The van der Waals surface area contributed by atoms with Gasteiger partial charge in [-0.25, -0.2) is 13.1 Å². The number of nitrogens with one attached hydrogen (secondary N) is 1. The lowest BCUT2D eigenvalue weighted by Crippen LogP contribution is -2.45. The van der Waals surface area contributed by atoms with E-state index in [9.17, 15) is 8.42 Å². The van der Waals surface area contributed by atoms with Crippen LogP contribution in [0, 0.1) is 5.92 Å². The highest BCUT2D eigenvalue weighted by Gasteiger charge is 2.26. The first kappa shape index (κ1) is 19.4. The Balaban J connectivity index is 2.07. The largest absolute Gasteiger partial charge is 0.299 e. The zero-order chi connectivity index (χ0) is 18.0. The second-order valence-electron chi connectivity index (χ2n) is 8.18. The number of rotatable bonds is 6. The van der Waals surface area contributed by atoms with Crippen LogP contribution in [0.2, 0.25) is 0 Å². The van der Waals surface area contributed by atoms with Gasteiger partial charge in [-0.05, 0) is 55.0 Å². The van der Waals surface area contributed by atoms with Gasteiger partial charge in [-0.3, -0.25) is 4.90 Å². The first-order valence-electron chi connectivity index (χ1n) is 8.95. The van der Waals surface area contributed by atoms with Crippen molar-refractivity contribution in [1.82, 2.24) is 9.62 Å². The van der Waals surface area contributed by atoms with E-state index in [0.717, 1.165) is 18.7 Å². The number of hydrogen-bond acceptors (Lipinski definition) is 3. The second kappa shape index (κ2) is 7.54. The molecule has 0 amide bonds. The molecule has 0 radical (unpaired) electrons. The molecular weight excluding hydrogens is 320 g/mol. The summed E-state index contributed by atoms with van der Waals surface area (Å²) in [6, 6.07) is 7.51. The number of nitrogens with zero attached hydrogens (tertiary/aromatic N) is 1. The average Bonchev–Trinajstić information content (AvgIpc) is 3.00. The lowest BCUT2D eigenvalue weighted by Gasteiger charge is -2.31. The molecule has 4 nitrogen and oxygen atoms in total. The first-order chi connectivity index (χ1) is 11.1. The van der Waals surface area contributed by atoms with Gasteiger partial charge in [0.2, 0.25) is 10.0 Å². The van der Waals surface area contributed by atoms with Gasteiger partial charge >= 0.3 is 0 Å². The van der Waals surface area contributed by atoms with Crippen LogP contribution in [-0.2, 0) is 15.4 Å². The molecule has 5 heteroatoms. The van der Waals surface area contributed by atoms with E-state index in [0.29, 0.717) is 17.4 Å². The molecule has 2 rings (SSSR count). The minimum atomic E-state index is -3.46. The summed E-state index contributed by atoms with van der Waals surface area (Å²) in [5.74, 6) is 0.425. The summed E-state index contributed by atoms with van der Waals surface area (Å²) in [4.78, 5) is 2.76. The van der Waals surface area contributed by atoms with Crippen LogP contribution in [-0.4, -0.2) is 39.0 Å².